The minimum Gasteiger partial charge on any atom is -0.464 e. The van der Waals surface area contributed by atoms with Gasteiger partial charge in [0, 0.05) is 39.1 Å². The molecule has 1 fully saturated rings. The molecule has 1 saturated heterocycles. The number of morpholine rings is 1. The third kappa shape index (κ3) is 9.78. The minimum atomic E-state index is -0.0609. The number of hydrogen-bond donors (Lipinski definition) is 0. The Balaban J connectivity index is 1.66. The normalized spacial score (nSPS) is 14.1. The minimum absolute atomic E-state index is 0.0609. The summed E-state index contributed by atoms with van der Waals surface area (Å²) in [7, 11) is 0. The predicted octanol–water partition coefficient (Wildman–Crippen LogP) is 4.64. The van der Waals surface area contributed by atoms with Gasteiger partial charge in [0.2, 0.25) is 11.8 Å². The average molecular weight is 498 g/mol. The second kappa shape index (κ2) is 15.5. The Morgan fingerprint density at radius 1 is 0.889 bits per heavy atom. The molecular formula is C29H43N3O4. The fourth-order valence-corrected chi connectivity index (χ4v) is 4.47. The van der Waals surface area contributed by atoms with Crippen molar-refractivity contribution in [2.24, 2.45) is 0 Å². The van der Waals surface area contributed by atoms with Crippen LogP contribution in [-0.2, 0) is 27.4 Å². The van der Waals surface area contributed by atoms with Crippen molar-refractivity contribution in [1.29, 1.82) is 0 Å². The number of furan rings is 1. The van der Waals surface area contributed by atoms with Crippen molar-refractivity contribution in [1.82, 2.24) is 14.7 Å². The fourth-order valence-electron chi connectivity index (χ4n) is 4.47. The van der Waals surface area contributed by atoms with Crippen LogP contribution in [0.3, 0.4) is 0 Å². The van der Waals surface area contributed by atoms with Crippen molar-refractivity contribution < 1.29 is 18.7 Å². The Hall–Kier alpha value is -2.64. The number of amides is 2. The summed E-state index contributed by atoms with van der Waals surface area (Å²) in [5.41, 5.74) is 1.05. The van der Waals surface area contributed by atoms with Crippen molar-refractivity contribution in [3.05, 3.63) is 59.5 Å². The summed E-state index contributed by atoms with van der Waals surface area (Å²) in [5.74, 6) is 1.58. The molecule has 7 heteroatoms. The van der Waals surface area contributed by atoms with Gasteiger partial charge in [-0.05, 0) is 31.0 Å². The first kappa shape index (κ1) is 27.9. The highest BCUT2D eigenvalue weighted by Crippen LogP contribution is 2.15. The zero-order chi connectivity index (χ0) is 25.6. The Kier molecular flexibility index (Phi) is 12.0. The molecule has 0 unspecified atom stereocenters. The highest BCUT2D eigenvalue weighted by atomic mass is 16.5. The van der Waals surface area contributed by atoms with Crippen molar-refractivity contribution in [3.8, 4) is 0 Å². The second-order valence-electron chi connectivity index (χ2n) is 9.68. The summed E-state index contributed by atoms with van der Waals surface area (Å²) in [5, 5.41) is 0. The topological polar surface area (TPSA) is 66.2 Å². The van der Waals surface area contributed by atoms with Gasteiger partial charge in [-0.15, -0.1) is 0 Å². The highest BCUT2D eigenvalue weighted by Gasteiger charge is 2.23. The zero-order valence-corrected chi connectivity index (χ0v) is 22.1. The molecule has 2 aromatic rings. The molecule has 0 bridgehead atoms. The smallest absolute Gasteiger partial charge is 0.242 e. The number of rotatable bonds is 15. The van der Waals surface area contributed by atoms with Crippen molar-refractivity contribution in [3.63, 3.8) is 0 Å². The van der Waals surface area contributed by atoms with E-state index < -0.39 is 0 Å². The van der Waals surface area contributed by atoms with E-state index in [-0.39, 0.29) is 18.4 Å². The first-order chi connectivity index (χ1) is 17.5. The van der Waals surface area contributed by atoms with E-state index in [1.165, 1.54) is 12.8 Å². The summed E-state index contributed by atoms with van der Waals surface area (Å²) in [6, 6.07) is 13.8. The monoisotopic (exact) mass is 497 g/mol. The second-order valence-corrected chi connectivity index (χ2v) is 9.68. The number of unbranched alkanes of at least 4 members (excludes halogenated alkanes) is 4. The van der Waals surface area contributed by atoms with Gasteiger partial charge >= 0.3 is 0 Å². The van der Waals surface area contributed by atoms with Crippen LogP contribution in [0.15, 0.2) is 46.9 Å². The molecule has 0 N–H and O–H groups in total. The third-order valence-corrected chi connectivity index (χ3v) is 6.67. The van der Waals surface area contributed by atoms with Crippen molar-refractivity contribution in [2.45, 2.75) is 65.5 Å². The van der Waals surface area contributed by atoms with Gasteiger partial charge < -0.3 is 19.0 Å². The molecule has 36 heavy (non-hydrogen) atoms. The molecule has 1 aromatic carbocycles. The number of ether oxygens (including phenoxy) is 1. The molecule has 0 aliphatic carbocycles. The lowest BCUT2D eigenvalue weighted by Gasteiger charge is -2.31. The van der Waals surface area contributed by atoms with E-state index in [0.717, 1.165) is 69.2 Å². The van der Waals surface area contributed by atoms with Gasteiger partial charge in [0.05, 0.1) is 26.3 Å². The largest absolute Gasteiger partial charge is 0.464 e. The number of carbonyl (C=O) groups excluding carboxylic acids is 2. The van der Waals surface area contributed by atoms with Crippen LogP contribution in [0.2, 0.25) is 0 Å². The van der Waals surface area contributed by atoms with Crippen LogP contribution in [-0.4, -0.2) is 72.5 Å². The molecule has 0 spiro atoms. The van der Waals surface area contributed by atoms with Crippen LogP contribution in [0.4, 0.5) is 0 Å². The molecule has 0 atom stereocenters. The highest BCUT2D eigenvalue weighted by molar-refractivity contribution is 5.84. The Morgan fingerprint density at radius 3 is 2.33 bits per heavy atom. The van der Waals surface area contributed by atoms with E-state index in [1.54, 1.807) is 9.80 Å². The molecule has 0 saturated carbocycles. The van der Waals surface area contributed by atoms with Crippen LogP contribution in [0.1, 0.15) is 62.5 Å². The molecular weight excluding hydrogens is 454 g/mol. The van der Waals surface area contributed by atoms with Gasteiger partial charge in [-0.1, -0.05) is 62.9 Å². The van der Waals surface area contributed by atoms with E-state index in [4.69, 9.17) is 9.15 Å². The maximum atomic E-state index is 13.6. The Labute approximate surface area is 216 Å². The van der Waals surface area contributed by atoms with Gasteiger partial charge in [0.25, 0.3) is 0 Å². The molecule has 2 heterocycles. The standard InChI is InChI=1S/C29H43N3O4/c1-3-4-5-6-10-13-28(33)31(17-16-30-18-20-35-21-19-30)24-29(34)32(22-26-11-8-7-9-12-26)23-27-15-14-25(2)36-27/h7-9,11-12,14-15H,3-6,10,13,16-24H2,1-2H3. The van der Waals surface area contributed by atoms with Crippen LogP contribution >= 0.6 is 0 Å². The molecule has 3 rings (SSSR count). The first-order valence-corrected chi connectivity index (χ1v) is 13.5. The van der Waals surface area contributed by atoms with E-state index in [2.05, 4.69) is 11.8 Å². The zero-order valence-electron chi connectivity index (χ0n) is 22.1. The van der Waals surface area contributed by atoms with Crippen LogP contribution in [0.25, 0.3) is 0 Å². The summed E-state index contributed by atoms with van der Waals surface area (Å²) < 4.78 is 11.2. The SMILES string of the molecule is CCCCCCCC(=O)N(CCN1CCOCC1)CC(=O)N(Cc1ccccc1)Cc1ccc(C)o1. The maximum absolute atomic E-state index is 13.6. The van der Waals surface area contributed by atoms with Gasteiger partial charge in [0.1, 0.15) is 11.5 Å². The lowest BCUT2D eigenvalue weighted by molar-refractivity contribution is -0.141. The maximum Gasteiger partial charge on any atom is 0.242 e. The Bertz CT molecular complexity index is 908. The van der Waals surface area contributed by atoms with Crippen LogP contribution in [0.5, 0.6) is 0 Å². The van der Waals surface area contributed by atoms with Gasteiger partial charge in [0.15, 0.2) is 0 Å². The Morgan fingerprint density at radius 2 is 1.64 bits per heavy atom. The molecule has 7 nitrogen and oxygen atoms in total. The molecule has 1 aromatic heterocycles. The van der Waals surface area contributed by atoms with Crippen molar-refractivity contribution >= 4 is 11.8 Å². The van der Waals surface area contributed by atoms with E-state index in [1.807, 2.05) is 49.4 Å². The average Bonchev–Trinajstić information content (AvgIpc) is 3.31. The van der Waals surface area contributed by atoms with E-state index >= 15 is 0 Å². The first-order valence-electron chi connectivity index (χ1n) is 13.5. The van der Waals surface area contributed by atoms with E-state index in [9.17, 15) is 9.59 Å². The van der Waals surface area contributed by atoms with E-state index in [0.29, 0.717) is 26.1 Å². The summed E-state index contributed by atoms with van der Waals surface area (Å²) in [6.07, 6.45) is 5.97. The number of aryl methyl sites for hydroxylation is 1. The van der Waals surface area contributed by atoms with Crippen LogP contribution < -0.4 is 0 Å². The third-order valence-electron chi connectivity index (χ3n) is 6.67. The van der Waals surface area contributed by atoms with Gasteiger partial charge in [-0.25, -0.2) is 0 Å². The number of benzene rings is 1. The lowest BCUT2D eigenvalue weighted by Crippen LogP contribution is -2.47. The van der Waals surface area contributed by atoms with Crippen molar-refractivity contribution in [2.75, 3.05) is 45.9 Å². The quantitative estimate of drug-likeness (QED) is 0.336. The fraction of sp³-hybridized carbons (Fsp3) is 0.586. The number of nitrogens with zero attached hydrogens (tertiary/aromatic N) is 3. The number of hydrogen-bond acceptors (Lipinski definition) is 5. The molecule has 0 radical (unpaired) electrons. The number of carbonyl (C=O) groups is 2. The predicted molar refractivity (Wildman–Crippen MR) is 141 cm³/mol. The summed E-state index contributed by atoms with van der Waals surface area (Å²) in [4.78, 5) is 32.7. The summed E-state index contributed by atoms with van der Waals surface area (Å²) in [6.45, 7) is 9.52. The molecule has 198 valence electrons. The molecule has 1 aliphatic rings. The van der Waals surface area contributed by atoms with Gasteiger partial charge in [-0.2, -0.15) is 0 Å². The molecule has 1 aliphatic heterocycles. The summed E-state index contributed by atoms with van der Waals surface area (Å²) >= 11 is 0. The molecule has 2 amide bonds. The lowest BCUT2D eigenvalue weighted by atomic mass is 10.1. The van der Waals surface area contributed by atoms with Gasteiger partial charge in [-0.3, -0.25) is 14.5 Å². The van der Waals surface area contributed by atoms with Crippen LogP contribution in [0, 0.1) is 6.92 Å².